The van der Waals surface area contributed by atoms with E-state index in [2.05, 4.69) is 5.48 Å². The summed E-state index contributed by atoms with van der Waals surface area (Å²) in [6.45, 7) is 0. The molecule has 2 aromatic carbocycles. The second-order valence-electron chi connectivity index (χ2n) is 5.26. The fraction of sp³-hybridized carbons (Fsp3) is 0.150. The van der Waals surface area contributed by atoms with Crippen LogP contribution < -0.4 is 15.0 Å². The summed E-state index contributed by atoms with van der Waals surface area (Å²) in [4.78, 5) is 16.0. The van der Waals surface area contributed by atoms with Gasteiger partial charge in [0.2, 0.25) is 0 Å². The highest BCUT2D eigenvalue weighted by atomic mass is 16.6. The highest BCUT2D eigenvalue weighted by molar-refractivity contribution is 5.85. The van der Waals surface area contributed by atoms with Gasteiger partial charge in [-0.1, -0.05) is 24.3 Å². The van der Waals surface area contributed by atoms with Crippen LogP contribution in [0.25, 0.3) is 5.57 Å². The number of allylic oxidation sites excluding steroid dienone is 1. The molecule has 0 aliphatic carbocycles. The lowest BCUT2D eigenvalue weighted by Gasteiger charge is -2.12. The second-order valence-corrected chi connectivity index (χ2v) is 5.26. The number of hydrogen-bond acceptors (Lipinski definition) is 5. The van der Waals surface area contributed by atoms with Gasteiger partial charge in [0.25, 0.3) is 0 Å². The first-order valence-corrected chi connectivity index (χ1v) is 7.81. The Hall–Kier alpha value is -3.25. The van der Waals surface area contributed by atoms with E-state index in [1.165, 1.54) is 7.11 Å². The van der Waals surface area contributed by atoms with E-state index in [4.69, 9.17) is 19.4 Å². The van der Waals surface area contributed by atoms with Crippen LogP contribution in [0.4, 0.5) is 0 Å². The summed E-state index contributed by atoms with van der Waals surface area (Å²) >= 11 is 0. The number of nitrogens with one attached hydrogen (secondary N) is 1. The fourth-order valence-corrected chi connectivity index (χ4v) is 2.38. The maximum Gasteiger partial charge on any atom is 0.330 e. The lowest BCUT2D eigenvalue weighted by atomic mass is 9.96. The lowest BCUT2D eigenvalue weighted by Crippen LogP contribution is -2.11. The Morgan fingerprint density at radius 3 is 1.65 bits per heavy atom. The Kier molecular flexibility index (Phi) is 6.82. The van der Waals surface area contributed by atoms with Crippen LogP contribution in [0.15, 0.2) is 66.4 Å². The lowest BCUT2D eigenvalue weighted by molar-refractivity contribution is -0.131. The van der Waals surface area contributed by atoms with E-state index in [0.29, 0.717) is 5.70 Å². The monoisotopic (exact) mass is 355 g/mol. The van der Waals surface area contributed by atoms with Crippen molar-refractivity contribution in [2.75, 3.05) is 21.3 Å². The third-order valence-electron chi connectivity index (χ3n) is 3.60. The Morgan fingerprint density at radius 1 is 0.846 bits per heavy atom. The van der Waals surface area contributed by atoms with Gasteiger partial charge in [0.05, 0.1) is 27.0 Å². The molecule has 6 nitrogen and oxygen atoms in total. The molecule has 0 amide bonds. The van der Waals surface area contributed by atoms with Crippen LogP contribution >= 0.6 is 0 Å². The molecule has 0 bridgehead atoms. The van der Waals surface area contributed by atoms with Gasteiger partial charge < -0.3 is 14.6 Å². The first kappa shape index (κ1) is 19.1. The van der Waals surface area contributed by atoms with Crippen molar-refractivity contribution in [3.63, 3.8) is 0 Å². The summed E-state index contributed by atoms with van der Waals surface area (Å²) in [7, 11) is 4.63. The van der Waals surface area contributed by atoms with Gasteiger partial charge in [-0.2, -0.15) is 0 Å². The number of aliphatic carboxylic acids is 1. The minimum absolute atomic E-state index is 0.307. The van der Waals surface area contributed by atoms with Crippen LogP contribution in [0, 0.1) is 0 Å². The summed E-state index contributed by atoms with van der Waals surface area (Å²) in [5.41, 5.74) is 5.49. The molecule has 0 aliphatic heterocycles. The Balaban J connectivity index is 2.55. The molecule has 0 fully saturated rings. The van der Waals surface area contributed by atoms with Gasteiger partial charge in [0.15, 0.2) is 0 Å². The van der Waals surface area contributed by atoms with E-state index in [1.807, 2.05) is 48.5 Å². The molecule has 0 heterocycles. The third-order valence-corrected chi connectivity index (χ3v) is 3.60. The van der Waals surface area contributed by atoms with Gasteiger partial charge in [-0.15, -0.1) is 0 Å². The van der Waals surface area contributed by atoms with Crippen molar-refractivity contribution in [2.45, 2.75) is 0 Å². The van der Waals surface area contributed by atoms with Crippen LogP contribution in [-0.4, -0.2) is 32.4 Å². The number of carboxylic acids is 1. The number of hydroxylamine groups is 1. The molecule has 26 heavy (non-hydrogen) atoms. The molecule has 0 radical (unpaired) electrons. The topological polar surface area (TPSA) is 77.0 Å². The van der Waals surface area contributed by atoms with E-state index >= 15 is 0 Å². The van der Waals surface area contributed by atoms with Gasteiger partial charge in [0.1, 0.15) is 11.5 Å². The zero-order chi connectivity index (χ0) is 18.9. The van der Waals surface area contributed by atoms with Gasteiger partial charge in [-0.3, -0.25) is 10.3 Å². The van der Waals surface area contributed by atoms with Crippen LogP contribution in [0.5, 0.6) is 11.5 Å². The molecule has 0 saturated carbocycles. The summed E-state index contributed by atoms with van der Waals surface area (Å²) in [5.74, 6) is 0.392. The van der Waals surface area contributed by atoms with Crippen molar-refractivity contribution in [2.24, 2.45) is 0 Å². The van der Waals surface area contributed by atoms with Crippen LogP contribution in [0.3, 0.4) is 0 Å². The van der Waals surface area contributed by atoms with Crippen molar-refractivity contribution in [3.8, 4) is 11.5 Å². The van der Waals surface area contributed by atoms with E-state index in [-0.39, 0.29) is 0 Å². The van der Waals surface area contributed by atoms with Crippen molar-refractivity contribution in [1.82, 2.24) is 5.48 Å². The van der Waals surface area contributed by atoms with Crippen LogP contribution in [0.2, 0.25) is 0 Å². The summed E-state index contributed by atoms with van der Waals surface area (Å²) in [6, 6.07) is 15.0. The number of ether oxygens (including phenoxy) is 2. The van der Waals surface area contributed by atoms with Gasteiger partial charge in [-0.05, 0) is 47.0 Å². The summed E-state index contributed by atoms with van der Waals surface area (Å²) < 4.78 is 10.4. The predicted octanol–water partition coefficient (Wildman–Crippen LogP) is 3.26. The van der Waals surface area contributed by atoms with Crippen LogP contribution in [0.1, 0.15) is 11.1 Å². The van der Waals surface area contributed by atoms with Gasteiger partial charge in [0, 0.05) is 6.08 Å². The Morgan fingerprint density at radius 2 is 1.31 bits per heavy atom. The minimum atomic E-state index is -1.08. The predicted molar refractivity (Wildman–Crippen MR) is 98.9 cm³/mol. The first-order chi connectivity index (χ1) is 12.6. The summed E-state index contributed by atoms with van der Waals surface area (Å²) in [6.07, 6.45) is 2.75. The number of benzene rings is 2. The molecule has 0 aromatic heterocycles. The second kappa shape index (κ2) is 9.29. The molecule has 0 aliphatic rings. The number of carbonyl (C=O) groups is 1. The number of carboxylic acid groups (broad SMARTS) is 1. The third kappa shape index (κ3) is 5.12. The highest BCUT2D eigenvalue weighted by Crippen LogP contribution is 2.28. The molecular formula is C20H21NO5. The van der Waals surface area contributed by atoms with Crippen molar-refractivity contribution in [1.29, 1.82) is 0 Å². The van der Waals surface area contributed by atoms with E-state index < -0.39 is 5.97 Å². The fourth-order valence-electron chi connectivity index (χ4n) is 2.38. The Bertz CT molecular complexity index is 742. The molecular weight excluding hydrogens is 334 g/mol. The maximum atomic E-state index is 11.1. The van der Waals surface area contributed by atoms with Gasteiger partial charge >= 0.3 is 5.97 Å². The highest BCUT2D eigenvalue weighted by Gasteiger charge is 2.09. The molecule has 0 spiro atoms. The average molecular weight is 355 g/mol. The molecule has 2 rings (SSSR count). The normalized spacial score (nSPS) is 10.8. The average Bonchev–Trinajstić information content (AvgIpc) is 2.66. The molecule has 6 heteroatoms. The molecule has 0 atom stereocenters. The van der Waals surface area contributed by atoms with E-state index in [0.717, 1.165) is 34.3 Å². The van der Waals surface area contributed by atoms with Crippen LogP contribution in [-0.2, 0) is 9.63 Å². The molecule has 2 aromatic rings. The first-order valence-electron chi connectivity index (χ1n) is 7.81. The van der Waals surface area contributed by atoms with Crippen molar-refractivity contribution >= 4 is 11.5 Å². The number of methoxy groups -OCH3 is 2. The Labute approximate surface area is 152 Å². The largest absolute Gasteiger partial charge is 0.497 e. The SMILES string of the molecule is CONC(=CC(=O)O)C=C(c1ccc(OC)cc1)c1ccc(OC)cc1. The van der Waals surface area contributed by atoms with E-state index in [1.54, 1.807) is 20.3 Å². The molecule has 0 unspecified atom stereocenters. The summed E-state index contributed by atoms with van der Waals surface area (Å²) in [5, 5.41) is 9.07. The van der Waals surface area contributed by atoms with Crippen molar-refractivity contribution < 1.29 is 24.2 Å². The zero-order valence-electron chi connectivity index (χ0n) is 14.9. The maximum absolute atomic E-state index is 11.1. The standard InChI is InChI=1S/C20H21NO5/c1-24-17-8-4-14(5-9-17)19(12-16(21-26-3)13-20(22)23)15-6-10-18(25-2)11-7-15/h4-13,21H,1-3H3,(H,22,23). The van der Waals surface area contributed by atoms with Crippen molar-refractivity contribution in [3.05, 3.63) is 77.5 Å². The van der Waals surface area contributed by atoms with E-state index in [9.17, 15) is 4.79 Å². The molecule has 136 valence electrons. The smallest absolute Gasteiger partial charge is 0.330 e. The zero-order valence-corrected chi connectivity index (χ0v) is 14.9. The van der Waals surface area contributed by atoms with Gasteiger partial charge in [-0.25, -0.2) is 4.79 Å². The minimum Gasteiger partial charge on any atom is -0.497 e. The molecule has 2 N–H and O–H groups in total. The molecule has 0 saturated heterocycles. The number of hydrogen-bond donors (Lipinski definition) is 2. The quantitative estimate of drug-likeness (QED) is 0.430. The number of rotatable bonds is 8.